The molecule has 1 aliphatic rings. The summed E-state index contributed by atoms with van der Waals surface area (Å²) < 4.78 is 10.9. The smallest absolute Gasteiger partial charge is 0.273 e. The van der Waals surface area contributed by atoms with Crippen LogP contribution in [0, 0.1) is 0 Å². The lowest BCUT2D eigenvalue weighted by Crippen LogP contribution is -2.30. The molecule has 30 heavy (non-hydrogen) atoms. The summed E-state index contributed by atoms with van der Waals surface area (Å²) in [4.78, 5) is 15.2. The van der Waals surface area contributed by atoms with Crippen molar-refractivity contribution in [1.82, 2.24) is 15.1 Å². The minimum Gasteiger partial charge on any atom is -0.497 e. The number of unbranched alkanes of at least 4 members (excludes halogenated alkanes) is 1. The number of aromatic amines is 1. The molecule has 1 atom stereocenters. The number of hydrogen-bond donors (Lipinski definition) is 1. The number of carbonyl (C=O) groups excluding carboxylic acids is 1. The lowest BCUT2D eigenvalue weighted by Gasteiger charge is -2.26. The van der Waals surface area contributed by atoms with Gasteiger partial charge in [-0.1, -0.05) is 25.5 Å². The largest absolute Gasteiger partial charge is 0.497 e. The molecule has 6 heteroatoms. The monoisotopic (exact) mass is 405 g/mol. The molecule has 0 radical (unpaired) electrons. The number of benzene rings is 2. The first-order valence-corrected chi connectivity index (χ1v) is 10.4. The molecular formula is C24H27N3O3. The Hall–Kier alpha value is -3.28. The van der Waals surface area contributed by atoms with E-state index >= 15 is 0 Å². The SMILES string of the molecule is CCCCN1C(=O)c2[nH]nc(-c3ccc(OC)cc3)c2C1c1ccc(OCC)cc1. The molecule has 0 fully saturated rings. The summed E-state index contributed by atoms with van der Waals surface area (Å²) in [5.74, 6) is 1.62. The molecule has 1 aromatic heterocycles. The Morgan fingerprint density at radius 3 is 2.37 bits per heavy atom. The van der Waals surface area contributed by atoms with Crippen LogP contribution in [0.3, 0.4) is 0 Å². The molecule has 3 aromatic rings. The van der Waals surface area contributed by atoms with E-state index in [1.165, 1.54) is 0 Å². The summed E-state index contributed by atoms with van der Waals surface area (Å²) >= 11 is 0. The van der Waals surface area contributed by atoms with E-state index in [0.717, 1.165) is 46.7 Å². The molecule has 2 heterocycles. The molecule has 2 aromatic carbocycles. The van der Waals surface area contributed by atoms with Gasteiger partial charge in [0, 0.05) is 17.7 Å². The molecule has 156 valence electrons. The number of ether oxygens (including phenoxy) is 2. The molecule has 1 amide bonds. The number of H-pyrrole nitrogens is 1. The molecule has 0 saturated carbocycles. The van der Waals surface area contributed by atoms with Crippen molar-refractivity contribution in [3.63, 3.8) is 0 Å². The van der Waals surface area contributed by atoms with Crippen molar-refractivity contribution in [2.45, 2.75) is 32.7 Å². The van der Waals surface area contributed by atoms with E-state index in [9.17, 15) is 4.79 Å². The average molecular weight is 405 g/mol. The molecule has 0 saturated heterocycles. The number of methoxy groups -OCH3 is 1. The van der Waals surface area contributed by atoms with Gasteiger partial charge in [0.15, 0.2) is 0 Å². The van der Waals surface area contributed by atoms with E-state index in [4.69, 9.17) is 9.47 Å². The van der Waals surface area contributed by atoms with Crippen LogP contribution < -0.4 is 9.47 Å². The predicted octanol–water partition coefficient (Wildman–Crippen LogP) is 4.83. The Morgan fingerprint density at radius 2 is 1.73 bits per heavy atom. The first-order valence-electron chi connectivity index (χ1n) is 10.4. The lowest BCUT2D eigenvalue weighted by atomic mass is 9.96. The molecule has 0 spiro atoms. The van der Waals surface area contributed by atoms with E-state index in [1.54, 1.807) is 7.11 Å². The normalized spacial score (nSPS) is 15.4. The lowest BCUT2D eigenvalue weighted by molar-refractivity contribution is 0.0741. The molecule has 1 unspecified atom stereocenters. The van der Waals surface area contributed by atoms with E-state index in [2.05, 4.69) is 17.1 Å². The van der Waals surface area contributed by atoms with Crippen molar-refractivity contribution >= 4 is 5.91 Å². The highest BCUT2D eigenvalue weighted by molar-refractivity contribution is 6.00. The number of hydrogen-bond acceptors (Lipinski definition) is 4. The van der Waals surface area contributed by atoms with Gasteiger partial charge in [-0.2, -0.15) is 5.10 Å². The third-order valence-corrected chi connectivity index (χ3v) is 5.49. The van der Waals surface area contributed by atoms with Gasteiger partial charge in [-0.25, -0.2) is 0 Å². The van der Waals surface area contributed by atoms with Gasteiger partial charge in [0.25, 0.3) is 5.91 Å². The van der Waals surface area contributed by atoms with E-state index in [0.29, 0.717) is 18.8 Å². The molecule has 1 N–H and O–H groups in total. The first-order chi connectivity index (χ1) is 14.7. The van der Waals surface area contributed by atoms with E-state index < -0.39 is 0 Å². The second-order valence-electron chi connectivity index (χ2n) is 7.35. The van der Waals surface area contributed by atoms with Gasteiger partial charge in [0.1, 0.15) is 17.2 Å². The summed E-state index contributed by atoms with van der Waals surface area (Å²) in [7, 11) is 1.65. The van der Waals surface area contributed by atoms with Gasteiger partial charge >= 0.3 is 0 Å². The number of nitrogens with zero attached hydrogens (tertiary/aromatic N) is 2. The Bertz CT molecular complexity index is 1010. The molecule has 4 rings (SSSR count). The van der Waals surface area contributed by atoms with Crippen LogP contribution in [0.4, 0.5) is 0 Å². The molecule has 6 nitrogen and oxygen atoms in total. The second kappa shape index (κ2) is 8.61. The molecule has 1 aliphatic heterocycles. The Morgan fingerprint density at radius 1 is 1.03 bits per heavy atom. The summed E-state index contributed by atoms with van der Waals surface area (Å²) in [6.45, 7) is 5.43. The zero-order chi connectivity index (χ0) is 21.1. The number of carbonyl (C=O) groups is 1. The number of aromatic nitrogens is 2. The topological polar surface area (TPSA) is 67.5 Å². The maximum Gasteiger partial charge on any atom is 0.273 e. The molecule has 0 bridgehead atoms. The van der Waals surface area contributed by atoms with Gasteiger partial charge in [-0.3, -0.25) is 9.89 Å². The van der Waals surface area contributed by atoms with Crippen LogP contribution in [-0.2, 0) is 0 Å². The van der Waals surface area contributed by atoms with Gasteiger partial charge < -0.3 is 14.4 Å². The Kier molecular flexibility index (Phi) is 5.74. The highest BCUT2D eigenvalue weighted by Crippen LogP contribution is 2.43. The van der Waals surface area contributed by atoms with E-state index in [1.807, 2.05) is 60.4 Å². The maximum atomic E-state index is 13.2. The van der Waals surface area contributed by atoms with Gasteiger partial charge in [0.2, 0.25) is 0 Å². The van der Waals surface area contributed by atoms with Gasteiger partial charge in [-0.05, 0) is 55.3 Å². The molecular weight excluding hydrogens is 378 g/mol. The molecule has 0 aliphatic carbocycles. The van der Waals surface area contributed by atoms with Crippen LogP contribution in [0.2, 0.25) is 0 Å². The number of fused-ring (bicyclic) bond motifs is 1. The van der Waals surface area contributed by atoms with Crippen molar-refractivity contribution in [1.29, 1.82) is 0 Å². The van der Waals surface area contributed by atoms with Crippen molar-refractivity contribution in [3.8, 4) is 22.8 Å². The highest BCUT2D eigenvalue weighted by atomic mass is 16.5. The number of amides is 1. The quantitative estimate of drug-likeness (QED) is 0.583. The van der Waals surface area contributed by atoms with Crippen molar-refractivity contribution in [3.05, 3.63) is 65.4 Å². The summed E-state index contributed by atoms with van der Waals surface area (Å²) in [6, 6.07) is 15.6. The average Bonchev–Trinajstić information content (AvgIpc) is 3.32. The fraction of sp³-hybridized carbons (Fsp3) is 0.333. The number of nitrogens with one attached hydrogen (secondary N) is 1. The summed E-state index contributed by atoms with van der Waals surface area (Å²) in [5.41, 5.74) is 4.33. The summed E-state index contributed by atoms with van der Waals surface area (Å²) in [6.07, 6.45) is 1.98. The van der Waals surface area contributed by atoms with Crippen molar-refractivity contribution in [2.75, 3.05) is 20.3 Å². The second-order valence-corrected chi connectivity index (χ2v) is 7.35. The minimum absolute atomic E-state index is 0.00426. The fourth-order valence-electron chi connectivity index (χ4n) is 3.98. The van der Waals surface area contributed by atoms with E-state index in [-0.39, 0.29) is 11.9 Å². The van der Waals surface area contributed by atoms with Crippen LogP contribution in [-0.4, -0.2) is 41.3 Å². The van der Waals surface area contributed by atoms with Crippen LogP contribution >= 0.6 is 0 Å². The Balaban J connectivity index is 1.78. The van der Waals surface area contributed by atoms with Crippen molar-refractivity contribution < 1.29 is 14.3 Å². The first kappa shape index (κ1) is 20.0. The fourth-order valence-corrected chi connectivity index (χ4v) is 3.98. The zero-order valence-corrected chi connectivity index (χ0v) is 17.6. The van der Waals surface area contributed by atoms with Gasteiger partial charge in [0.05, 0.1) is 25.5 Å². The standard InChI is InChI=1S/C24H27N3O3/c1-4-6-15-27-23(17-9-13-19(14-10-17)30-5-2)20-21(25-26-22(20)24(27)28)16-7-11-18(29-3)12-8-16/h7-14,23H,4-6,15H2,1-3H3,(H,25,26). The van der Waals surface area contributed by atoms with Crippen molar-refractivity contribution in [2.24, 2.45) is 0 Å². The minimum atomic E-state index is -0.175. The maximum absolute atomic E-state index is 13.2. The highest BCUT2D eigenvalue weighted by Gasteiger charge is 2.41. The van der Waals surface area contributed by atoms with Crippen LogP contribution in [0.5, 0.6) is 11.5 Å². The van der Waals surface area contributed by atoms with Gasteiger partial charge in [-0.15, -0.1) is 0 Å². The van der Waals surface area contributed by atoms with Crippen LogP contribution in [0.25, 0.3) is 11.3 Å². The predicted molar refractivity (Wildman–Crippen MR) is 116 cm³/mol. The van der Waals surface area contributed by atoms with Crippen LogP contribution in [0.15, 0.2) is 48.5 Å². The zero-order valence-electron chi connectivity index (χ0n) is 17.6. The Labute approximate surface area is 176 Å². The van der Waals surface area contributed by atoms with Crippen LogP contribution in [0.1, 0.15) is 54.3 Å². The number of rotatable bonds is 8. The summed E-state index contributed by atoms with van der Waals surface area (Å²) in [5, 5.41) is 7.52. The third-order valence-electron chi connectivity index (χ3n) is 5.49. The third kappa shape index (κ3) is 3.54.